The Morgan fingerprint density at radius 3 is 2.76 bits per heavy atom. The van der Waals surface area contributed by atoms with E-state index in [1.165, 1.54) is 6.07 Å². The lowest BCUT2D eigenvalue weighted by Gasteiger charge is -2.15. The smallest absolute Gasteiger partial charge is 0.293 e. The maximum Gasteiger partial charge on any atom is 0.293 e. The fourth-order valence-corrected chi connectivity index (χ4v) is 2.90. The molecule has 0 fully saturated rings. The maximum absolute atomic E-state index is 13.0. The Balaban J connectivity index is 2.04. The average Bonchev–Trinajstić information content (AvgIpc) is 2.70. The van der Waals surface area contributed by atoms with E-state index in [2.05, 4.69) is 20.3 Å². The van der Waals surface area contributed by atoms with Crippen LogP contribution in [0.5, 0.6) is 0 Å². The van der Waals surface area contributed by atoms with Crippen molar-refractivity contribution in [1.29, 1.82) is 0 Å². The summed E-state index contributed by atoms with van der Waals surface area (Å²) in [6.07, 6.45) is 3.31. The predicted octanol–water partition coefficient (Wildman–Crippen LogP) is 1.16. The fraction of sp³-hybridized carbons (Fsp3) is 0.400. The highest BCUT2D eigenvalue weighted by Gasteiger charge is 2.13. The largest absolute Gasteiger partial charge is 0.380 e. The van der Waals surface area contributed by atoms with Gasteiger partial charge in [0.15, 0.2) is 11.5 Å². The first-order valence-corrected chi connectivity index (χ1v) is 9.55. The van der Waals surface area contributed by atoms with Gasteiger partial charge in [0.25, 0.3) is 5.56 Å². The lowest BCUT2D eigenvalue weighted by atomic mass is 10.1. The Bertz CT molecular complexity index is 1070. The molecular weight excluding hydrogens is 372 g/mol. The second kappa shape index (κ2) is 9.44. The van der Waals surface area contributed by atoms with Crippen LogP contribution >= 0.6 is 0 Å². The number of fused-ring (bicyclic) bond motifs is 1. The Labute approximate surface area is 168 Å². The Morgan fingerprint density at radius 1 is 1.24 bits per heavy atom. The lowest BCUT2D eigenvalue weighted by molar-refractivity contribution is 0.139. The molecule has 0 unspecified atom stereocenters. The third-order valence-corrected chi connectivity index (χ3v) is 4.44. The van der Waals surface area contributed by atoms with Crippen molar-refractivity contribution in [3.05, 3.63) is 51.3 Å². The zero-order valence-electron chi connectivity index (χ0n) is 16.9. The summed E-state index contributed by atoms with van der Waals surface area (Å²) in [7, 11) is 3.94. The summed E-state index contributed by atoms with van der Waals surface area (Å²) < 4.78 is 7.09. The molecule has 9 heteroatoms. The van der Waals surface area contributed by atoms with E-state index in [1.54, 1.807) is 23.0 Å². The van der Waals surface area contributed by atoms with Gasteiger partial charge in [-0.3, -0.25) is 14.2 Å². The van der Waals surface area contributed by atoms with E-state index >= 15 is 0 Å². The molecule has 29 heavy (non-hydrogen) atoms. The van der Waals surface area contributed by atoms with Crippen molar-refractivity contribution in [3.8, 4) is 11.1 Å². The highest BCUT2D eigenvalue weighted by Crippen LogP contribution is 2.20. The molecular formula is C20H26N6O3. The minimum atomic E-state index is -0.212. The molecule has 3 aromatic heterocycles. The van der Waals surface area contributed by atoms with Gasteiger partial charge in [0.2, 0.25) is 5.56 Å². The number of nitrogens with zero attached hydrogens (tertiary/aromatic N) is 4. The van der Waals surface area contributed by atoms with Gasteiger partial charge in [0.1, 0.15) is 0 Å². The van der Waals surface area contributed by atoms with Crippen molar-refractivity contribution in [3.63, 3.8) is 0 Å². The van der Waals surface area contributed by atoms with Gasteiger partial charge in [-0.2, -0.15) is 0 Å². The molecule has 0 saturated heterocycles. The molecule has 0 aromatic carbocycles. The summed E-state index contributed by atoms with van der Waals surface area (Å²) in [6, 6.07) is 5.03. The van der Waals surface area contributed by atoms with Crippen molar-refractivity contribution < 1.29 is 4.74 Å². The van der Waals surface area contributed by atoms with Crippen molar-refractivity contribution in [2.24, 2.45) is 0 Å². The molecule has 0 aliphatic carbocycles. The highest BCUT2D eigenvalue weighted by atomic mass is 16.5. The molecule has 0 saturated carbocycles. The monoisotopic (exact) mass is 398 g/mol. The van der Waals surface area contributed by atoms with Crippen LogP contribution in [0.1, 0.15) is 6.92 Å². The van der Waals surface area contributed by atoms with Crippen LogP contribution in [-0.4, -0.2) is 64.8 Å². The average molecular weight is 398 g/mol. The van der Waals surface area contributed by atoms with E-state index in [9.17, 15) is 9.59 Å². The quantitative estimate of drug-likeness (QED) is 0.521. The molecule has 3 aromatic rings. The van der Waals surface area contributed by atoms with Crippen molar-refractivity contribution in [1.82, 2.24) is 24.4 Å². The minimum absolute atomic E-state index is 0.175. The van der Waals surface area contributed by atoms with Gasteiger partial charge < -0.3 is 19.9 Å². The van der Waals surface area contributed by atoms with Gasteiger partial charge in [-0.1, -0.05) is 0 Å². The predicted molar refractivity (Wildman–Crippen MR) is 113 cm³/mol. The molecule has 3 heterocycles. The number of H-pyrrole nitrogens is 1. The van der Waals surface area contributed by atoms with Crippen LogP contribution < -0.4 is 16.4 Å². The van der Waals surface area contributed by atoms with Crippen molar-refractivity contribution in [2.45, 2.75) is 13.5 Å². The second-order valence-corrected chi connectivity index (χ2v) is 6.85. The fourth-order valence-electron chi connectivity index (χ4n) is 2.90. The summed E-state index contributed by atoms with van der Waals surface area (Å²) in [5.41, 5.74) is 2.30. The summed E-state index contributed by atoms with van der Waals surface area (Å²) in [4.78, 5) is 37.9. The van der Waals surface area contributed by atoms with Crippen LogP contribution in [0, 0.1) is 0 Å². The lowest BCUT2D eigenvalue weighted by Crippen LogP contribution is -2.29. The number of likely N-dealkylation sites (N-methyl/N-ethyl adjacent to an activating group) is 1. The van der Waals surface area contributed by atoms with E-state index in [-0.39, 0.29) is 16.9 Å². The van der Waals surface area contributed by atoms with Crippen LogP contribution in [0.4, 0.5) is 5.82 Å². The normalized spacial score (nSPS) is 11.3. The first-order chi connectivity index (χ1) is 14.0. The van der Waals surface area contributed by atoms with E-state index in [0.717, 1.165) is 17.7 Å². The van der Waals surface area contributed by atoms with Gasteiger partial charge in [0, 0.05) is 50.3 Å². The number of pyridine rings is 2. The molecule has 0 atom stereocenters. The number of rotatable bonds is 9. The summed E-state index contributed by atoms with van der Waals surface area (Å²) in [5, 5.41) is 3.11. The summed E-state index contributed by atoms with van der Waals surface area (Å²) in [6.45, 7) is 4.67. The molecule has 154 valence electrons. The van der Waals surface area contributed by atoms with E-state index in [4.69, 9.17) is 4.74 Å². The standard InChI is InChI=1S/C20H26N6O3/c1-4-29-10-9-26-16-11-15(14-5-6-17(27)22-12-14)13-23-18(16)24-19(20(26)28)21-7-8-25(2)3/h5-6,11-13H,4,7-10H2,1-3H3,(H,22,27)(H,21,23,24). The van der Waals surface area contributed by atoms with Crippen molar-refractivity contribution >= 4 is 17.0 Å². The third kappa shape index (κ3) is 5.07. The first kappa shape index (κ1) is 20.7. The van der Waals surface area contributed by atoms with E-state index < -0.39 is 0 Å². The zero-order valence-corrected chi connectivity index (χ0v) is 16.9. The number of aromatic amines is 1. The summed E-state index contributed by atoms with van der Waals surface area (Å²) >= 11 is 0. The number of nitrogens with one attached hydrogen (secondary N) is 2. The number of anilines is 1. The topological polar surface area (TPSA) is 105 Å². The van der Waals surface area contributed by atoms with Gasteiger partial charge in [-0.05, 0) is 38.7 Å². The molecule has 9 nitrogen and oxygen atoms in total. The molecule has 0 radical (unpaired) electrons. The molecule has 0 aliphatic heterocycles. The Kier molecular flexibility index (Phi) is 6.73. The van der Waals surface area contributed by atoms with Crippen LogP contribution in [0.25, 0.3) is 22.3 Å². The highest BCUT2D eigenvalue weighted by molar-refractivity contribution is 5.78. The molecule has 0 spiro atoms. The Hall–Kier alpha value is -3.04. The zero-order chi connectivity index (χ0) is 20.8. The molecule has 0 amide bonds. The first-order valence-electron chi connectivity index (χ1n) is 9.55. The van der Waals surface area contributed by atoms with Gasteiger partial charge in [-0.25, -0.2) is 9.97 Å². The third-order valence-electron chi connectivity index (χ3n) is 4.44. The minimum Gasteiger partial charge on any atom is -0.380 e. The number of hydrogen-bond donors (Lipinski definition) is 2. The number of hydrogen-bond acceptors (Lipinski definition) is 7. The number of aromatic nitrogens is 4. The molecule has 2 N–H and O–H groups in total. The van der Waals surface area contributed by atoms with E-state index in [0.29, 0.717) is 37.5 Å². The summed E-state index contributed by atoms with van der Waals surface area (Å²) in [5.74, 6) is 0.278. The van der Waals surface area contributed by atoms with Crippen LogP contribution in [0.15, 0.2) is 40.2 Å². The van der Waals surface area contributed by atoms with Crippen LogP contribution in [0.3, 0.4) is 0 Å². The maximum atomic E-state index is 13.0. The van der Waals surface area contributed by atoms with E-state index in [1.807, 2.05) is 32.0 Å². The number of ether oxygens (including phenoxy) is 1. The SMILES string of the molecule is CCOCCn1c(=O)c(NCCN(C)C)nc2ncc(-c3ccc(=O)[nH]c3)cc21. The Morgan fingerprint density at radius 2 is 2.07 bits per heavy atom. The molecule has 0 bridgehead atoms. The van der Waals surface area contributed by atoms with Gasteiger partial charge in [-0.15, -0.1) is 0 Å². The van der Waals surface area contributed by atoms with Crippen LogP contribution in [0.2, 0.25) is 0 Å². The van der Waals surface area contributed by atoms with Crippen LogP contribution in [-0.2, 0) is 11.3 Å². The van der Waals surface area contributed by atoms with Crippen molar-refractivity contribution in [2.75, 3.05) is 45.7 Å². The second-order valence-electron chi connectivity index (χ2n) is 6.85. The molecule has 0 aliphatic rings. The van der Waals surface area contributed by atoms with Gasteiger partial charge >= 0.3 is 0 Å². The van der Waals surface area contributed by atoms with Gasteiger partial charge in [0.05, 0.1) is 12.1 Å². The molecule has 3 rings (SSSR count).